The Morgan fingerprint density at radius 2 is 0.814 bits per heavy atom. The molecule has 0 saturated carbocycles. The van der Waals surface area contributed by atoms with E-state index in [0.29, 0.717) is 17.9 Å². The topological polar surface area (TPSA) is 131 Å². The van der Waals surface area contributed by atoms with E-state index in [4.69, 9.17) is 40.2 Å². The van der Waals surface area contributed by atoms with Gasteiger partial charge in [-0.3, -0.25) is 9.59 Å². The fourth-order valence-corrected chi connectivity index (χ4v) is 10.9. The van der Waals surface area contributed by atoms with Crippen LogP contribution in [-0.4, -0.2) is 71.6 Å². The Bertz CT molecular complexity index is 3240. The number of benzene rings is 8. The second-order valence-electron chi connectivity index (χ2n) is 16.1. The van der Waals surface area contributed by atoms with Crippen LogP contribution in [0.15, 0.2) is 121 Å². The number of methoxy groups -OCH3 is 4. The largest absolute Gasteiger partial charge is 0.496 e. The zero-order valence-corrected chi connectivity index (χ0v) is 44.9. The van der Waals surface area contributed by atoms with Crippen molar-refractivity contribution >= 4 is 118 Å². The normalized spacial score (nSPS) is 11.9. The van der Waals surface area contributed by atoms with E-state index in [-0.39, 0.29) is 25.5 Å². The van der Waals surface area contributed by atoms with Gasteiger partial charge in [-0.25, -0.2) is 9.63 Å². The SMILES string of the molecule is CCOC(=O)C(Cc1cc2ccccc2c(-c2c(OC)c(I)cc3ccccc23)c1OC)NC(C)=O.CCOC(=O)C(Cc1cc2ccccc2c(-c2c(OC)c(I)cc3ccccc23)c1OC)NCl. The van der Waals surface area contributed by atoms with E-state index in [1.807, 2.05) is 66.7 Å². The van der Waals surface area contributed by atoms with Gasteiger partial charge < -0.3 is 33.7 Å². The van der Waals surface area contributed by atoms with Gasteiger partial charge in [-0.2, -0.15) is 0 Å². The van der Waals surface area contributed by atoms with Gasteiger partial charge in [0.2, 0.25) is 5.91 Å². The molecular formula is C56H53ClI2N2O9. The molecule has 0 aromatic heterocycles. The first-order chi connectivity index (χ1) is 33.9. The van der Waals surface area contributed by atoms with Gasteiger partial charge >= 0.3 is 11.9 Å². The molecule has 70 heavy (non-hydrogen) atoms. The molecule has 8 aromatic rings. The third-order valence-electron chi connectivity index (χ3n) is 11.9. The van der Waals surface area contributed by atoms with Gasteiger partial charge in [0.25, 0.3) is 0 Å². The minimum Gasteiger partial charge on any atom is -0.496 e. The number of nitrogens with one attached hydrogen (secondary N) is 2. The van der Waals surface area contributed by atoms with Gasteiger partial charge in [-0.1, -0.05) is 97.1 Å². The zero-order chi connectivity index (χ0) is 50.1. The molecular weight excluding hydrogens is 1130 g/mol. The summed E-state index contributed by atoms with van der Waals surface area (Å²) >= 11 is 10.6. The maximum absolute atomic E-state index is 12.7. The Kier molecular flexibility index (Phi) is 17.7. The summed E-state index contributed by atoms with van der Waals surface area (Å²) in [4.78, 5) is 39.7. The lowest BCUT2D eigenvalue weighted by Gasteiger charge is -2.23. The van der Waals surface area contributed by atoms with E-state index in [0.717, 1.165) is 95.1 Å². The van der Waals surface area contributed by atoms with Gasteiger partial charge in [0, 0.05) is 42.0 Å². The predicted molar refractivity (Wildman–Crippen MR) is 296 cm³/mol. The quantitative estimate of drug-likeness (QED) is 0.0548. The summed E-state index contributed by atoms with van der Waals surface area (Å²) in [6.45, 7) is 5.40. The molecule has 0 heterocycles. The van der Waals surface area contributed by atoms with Crippen molar-refractivity contribution in [1.82, 2.24) is 10.2 Å². The monoisotopic (exact) mass is 1190 g/mol. The van der Waals surface area contributed by atoms with Crippen LogP contribution >= 0.6 is 57.0 Å². The van der Waals surface area contributed by atoms with Crippen LogP contribution in [0.1, 0.15) is 31.9 Å². The van der Waals surface area contributed by atoms with Crippen molar-refractivity contribution in [3.05, 3.63) is 140 Å². The first-order valence-corrected chi connectivity index (χ1v) is 25.1. The third-order valence-corrected chi connectivity index (χ3v) is 13.8. The lowest BCUT2D eigenvalue weighted by Crippen LogP contribution is -2.42. The zero-order valence-electron chi connectivity index (χ0n) is 39.8. The summed E-state index contributed by atoms with van der Waals surface area (Å²) in [5.41, 5.74) is 5.28. The second kappa shape index (κ2) is 23.8. The minimum absolute atomic E-state index is 0.212. The molecule has 8 aromatic carbocycles. The smallest absolute Gasteiger partial charge is 0.328 e. The number of hydrogen-bond acceptors (Lipinski definition) is 10. The molecule has 0 radical (unpaired) electrons. The first kappa shape index (κ1) is 52.0. The maximum Gasteiger partial charge on any atom is 0.328 e. The number of carbonyl (C=O) groups excluding carboxylic acids is 3. The average Bonchev–Trinajstić information content (AvgIpc) is 3.36. The van der Waals surface area contributed by atoms with Crippen molar-refractivity contribution in [2.24, 2.45) is 0 Å². The number of halogens is 3. The van der Waals surface area contributed by atoms with E-state index >= 15 is 0 Å². The Morgan fingerprint density at radius 1 is 0.500 bits per heavy atom. The third kappa shape index (κ3) is 10.9. The average molecular weight is 1190 g/mol. The van der Waals surface area contributed by atoms with E-state index in [1.54, 1.807) is 42.3 Å². The molecule has 1 amide bonds. The molecule has 362 valence electrons. The van der Waals surface area contributed by atoms with Crippen molar-refractivity contribution < 1.29 is 42.8 Å². The fourth-order valence-electron chi connectivity index (χ4n) is 9.05. The molecule has 0 bridgehead atoms. The van der Waals surface area contributed by atoms with Crippen LogP contribution in [0.25, 0.3) is 65.3 Å². The van der Waals surface area contributed by atoms with Crippen molar-refractivity contribution in [1.29, 1.82) is 0 Å². The van der Waals surface area contributed by atoms with Crippen LogP contribution in [0.2, 0.25) is 0 Å². The molecule has 0 spiro atoms. The summed E-state index contributed by atoms with van der Waals surface area (Å²) < 4.78 is 36.4. The molecule has 2 N–H and O–H groups in total. The van der Waals surface area contributed by atoms with Crippen molar-refractivity contribution in [3.8, 4) is 45.3 Å². The minimum atomic E-state index is -0.847. The number of esters is 2. The van der Waals surface area contributed by atoms with E-state index in [1.165, 1.54) is 6.92 Å². The van der Waals surface area contributed by atoms with Gasteiger partial charge in [0.1, 0.15) is 35.1 Å². The highest BCUT2D eigenvalue weighted by atomic mass is 127. The van der Waals surface area contributed by atoms with E-state index in [9.17, 15) is 14.4 Å². The summed E-state index contributed by atoms with van der Waals surface area (Å²) in [7, 11) is 6.62. The maximum atomic E-state index is 12.7. The van der Waals surface area contributed by atoms with E-state index < -0.39 is 24.0 Å². The lowest BCUT2D eigenvalue weighted by atomic mass is 9.89. The van der Waals surface area contributed by atoms with E-state index in [2.05, 4.69) is 110 Å². The highest BCUT2D eigenvalue weighted by molar-refractivity contribution is 14.1. The molecule has 11 nitrogen and oxygen atoms in total. The summed E-state index contributed by atoms with van der Waals surface area (Å²) in [5, 5.41) is 11.0. The van der Waals surface area contributed by atoms with Crippen LogP contribution in [0.3, 0.4) is 0 Å². The molecule has 0 fully saturated rings. The molecule has 2 unspecified atom stereocenters. The number of ether oxygens (including phenoxy) is 6. The first-order valence-electron chi connectivity index (χ1n) is 22.6. The molecule has 0 aliphatic rings. The van der Waals surface area contributed by atoms with Gasteiger partial charge in [-0.05, 0) is 149 Å². The number of amides is 1. The van der Waals surface area contributed by atoms with Crippen molar-refractivity contribution in [3.63, 3.8) is 0 Å². The van der Waals surface area contributed by atoms with Crippen molar-refractivity contribution in [2.75, 3.05) is 41.7 Å². The molecule has 14 heteroatoms. The predicted octanol–water partition coefficient (Wildman–Crippen LogP) is 12.4. The standard InChI is InChI=1S/C29H28INO5.C27H25ClINO4/c1-5-36-29(33)24(31-17(2)32)16-20-14-18-10-6-8-12-21(18)25(27(20)34-3)26-22-13-9-7-11-19(22)15-23(30)28(26)35-4;1-4-34-27(31)22(30-28)15-18-13-16-9-5-7-11-19(16)23(25(18)32-2)24-20-12-8-6-10-17(20)14-21(29)26(24)33-3/h6-15,24H,5,16H2,1-4H3,(H,31,32);5-14,22,30H,4,15H2,1-3H3. The second-order valence-corrected chi connectivity index (χ2v) is 18.7. The van der Waals surface area contributed by atoms with Crippen LogP contribution in [-0.2, 0) is 36.7 Å². The Balaban J connectivity index is 0.000000207. The molecule has 0 aliphatic heterocycles. The van der Waals surface area contributed by atoms with Gasteiger partial charge in [0.05, 0.1) is 48.8 Å². The van der Waals surface area contributed by atoms with Gasteiger partial charge in [0.15, 0.2) is 0 Å². The Labute approximate surface area is 439 Å². The number of hydrogen-bond donors (Lipinski definition) is 2. The van der Waals surface area contributed by atoms with Crippen LogP contribution < -0.4 is 29.1 Å². The molecule has 0 saturated heterocycles. The summed E-state index contributed by atoms with van der Waals surface area (Å²) in [5.74, 6) is 1.62. The number of rotatable bonds is 16. The van der Waals surface area contributed by atoms with Gasteiger partial charge in [-0.15, -0.1) is 0 Å². The molecule has 8 rings (SSSR count). The van der Waals surface area contributed by atoms with Crippen LogP contribution in [0, 0.1) is 7.14 Å². The number of carbonyl (C=O) groups is 3. The lowest BCUT2D eigenvalue weighted by molar-refractivity contribution is -0.147. The Morgan fingerprint density at radius 3 is 1.14 bits per heavy atom. The van der Waals surface area contributed by atoms with Crippen LogP contribution in [0.5, 0.6) is 23.0 Å². The highest BCUT2D eigenvalue weighted by Crippen LogP contribution is 2.50. The Hall–Kier alpha value is -5.88. The molecule has 0 aliphatic carbocycles. The molecule has 2 atom stereocenters. The van der Waals surface area contributed by atoms with Crippen molar-refractivity contribution in [2.45, 2.75) is 45.7 Å². The highest BCUT2D eigenvalue weighted by Gasteiger charge is 2.29. The summed E-state index contributed by atoms with van der Waals surface area (Å²) in [6.07, 6.45) is 0.511. The van der Waals surface area contributed by atoms with Crippen LogP contribution in [0.4, 0.5) is 0 Å². The number of fused-ring (bicyclic) bond motifs is 4. The fraction of sp³-hybridized carbons (Fsp3) is 0.232. The summed E-state index contributed by atoms with van der Waals surface area (Å²) in [6, 6.07) is 39.3.